The normalized spacial score (nSPS) is 21.4. The molecule has 166 valence electrons. The van der Waals surface area contributed by atoms with E-state index in [0.717, 1.165) is 81.7 Å². The zero-order valence-electron chi connectivity index (χ0n) is 18.4. The van der Waals surface area contributed by atoms with Crippen molar-refractivity contribution in [3.05, 3.63) is 36.2 Å². The van der Waals surface area contributed by atoms with Gasteiger partial charge in [0.2, 0.25) is 5.95 Å². The molecule has 7 nitrogen and oxygen atoms in total. The van der Waals surface area contributed by atoms with Crippen LogP contribution in [0.2, 0.25) is 0 Å². The molecule has 0 bridgehead atoms. The van der Waals surface area contributed by atoms with Crippen molar-refractivity contribution in [2.75, 3.05) is 30.3 Å². The molecule has 1 aliphatic carbocycles. The molecule has 1 fully saturated rings. The van der Waals surface area contributed by atoms with Crippen LogP contribution < -0.4 is 16.0 Å². The van der Waals surface area contributed by atoms with Crippen molar-refractivity contribution >= 4 is 17.3 Å². The molecule has 0 spiro atoms. The summed E-state index contributed by atoms with van der Waals surface area (Å²) >= 11 is 0. The maximum atomic E-state index is 9.84. The summed E-state index contributed by atoms with van der Waals surface area (Å²) in [5.41, 5.74) is 4.32. The lowest BCUT2D eigenvalue weighted by atomic mass is 9.93. The second-order valence-corrected chi connectivity index (χ2v) is 8.50. The lowest BCUT2D eigenvalue weighted by molar-refractivity contribution is 0.126. The summed E-state index contributed by atoms with van der Waals surface area (Å²) in [4.78, 5) is 14.1. The molecule has 0 amide bonds. The van der Waals surface area contributed by atoms with E-state index in [0.29, 0.717) is 12.0 Å². The molecule has 4 N–H and O–H groups in total. The Bertz CT molecular complexity index is 874. The van der Waals surface area contributed by atoms with E-state index in [1.54, 1.807) is 0 Å². The first-order chi connectivity index (χ1) is 15.2. The molecule has 0 atom stereocenters. The van der Waals surface area contributed by atoms with Gasteiger partial charge in [-0.25, -0.2) is 4.98 Å². The Hall–Kier alpha value is -2.51. The smallest absolute Gasteiger partial charge is 0.224 e. The Balaban J connectivity index is 1.56. The minimum Gasteiger partial charge on any atom is -0.393 e. The molecular formula is C24H34N6O. The maximum Gasteiger partial charge on any atom is 0.224 e. The van der Waals surface area contributed by atoms with Crippen LogP contribution in [0.25, 0.3) is 16.8 Å². The van der Waals surface area contributed by atoms with Gasteiger partial charge in [0.05, 0.1) is 17.4 Å². The van der Waals surface area contributed by atoms with E-state index in [-0.39, 0.29) is 6.10 Å². The topological polar surface area (TPSA) is 95.0 Å². The Morgan fingerprint density at radius 1 is 1.13 bits per heavy atom. The SMILES string of the molecule is CCCCNc1ncc(-c2ccc(C3=CCNCC3)cn2)c(N[C@H]2CC[C@H](O)CC2)n1. The van der Waals surface area contributed by atoms with E-state index in [2.05, 4.69) is 46.1 Å². The first kappa shape index (κ1) is 21.7. The summed E-state index contributed by atoms with van der Waals surface area (Å²) < 4.78 is 0. The van der Waals surface area contributed by atoms with Crippen LogP contribution in [-0.2, 0) is 0 Å². The third kappa shape index (κ3) is 5.80. The zero-order valence-corrected chi connectivity index (χ0v) is 18.4. The van der Waals surface area contributed by atoms with Gasteiger partial charge in [-0.2, -0.15) is 4.98 Å². The first-order valence-electron chi connectivity index (χ1n) is 11.6. The van der Waals surface area contributed by atoms with E-state index in [9.17, 15) is 5.11 Å². The fourth-order valence-corrected chi connectivity index (χ4v) is 4.18. The Morgan fingerprint density at radius 2 is 2.00 bits per heavy atom. The van der Waals surface area contributed by atoms with Crippen LogP contribution in [0.15, 0.2) is 30.6 Å². The summed E-state index contributed by atoms with van der Waals surface area (Å²) in [6.45, 7) is 4.97. The van der Waals surface area contributed by atoms with Gasteiger partial charge in [-0.1, -0.05) is 25.5 Å². The number of aliphatic hydroxyl groups is 1. The molecular weight excluding hydrogens is 388 g/mol. The van der Waals surface area contributed by atoms with Crippen LogP contribution >= 0.6 is 0 Å². The predicted octanol–water partition coefficient (Wildman–Crippen LogP) is 3.84. The van der Waals surface area contributed by atoms with E-state index in [1.165, 1.54) is 11.1 Å². The molecule has 0 saturated heterocycles. The highest BCUT2D eigenvalue weighted by Gasteiger charge is 2.21. The fraction of sp³-hybridized carbons (Fsp3) is 0.542. The van der Waals surface area contributed by atoms with Crippen LogP contribution in [0.4, 0.5) is 11.8 Å². The van der Waals surface area contributed by atoms with Crippen LogP contribution in [0.5, 0.6) is 0 Å². The number of hydrogen-bond donors (Lipinski definition) is 4. The molecule has 0 radical (unpaired) electrons. The van der Waals surface area contributed by atoms with Crippen molar-refractivity contribution in [2.24, 2.45) is 0 Å². The monoisotopic (exact) mass is 422 g/mol. The van der Waals surface area contributed by atoms with Crippen LogP contribution in [0.3, 0.4) is 0 Å². The number of aromatic nitrogens is 3. The Morgan fingerprint density at radius 3 is 2.71 bits per heavy atom. The van der Waals surface area contributed by atoms with Gasteiger partial charge in [-0.15, -0.1) is 0 Å². The Kier molecular flexibility index (Phi) is 7.48. The third-order valence-electron chi connectivity index (χ3n) is 6.11. The number of hydrogen-bond acceptors (Lipinski definition) is 7. The number of unbranched alkanes of at least 4 members (excludes halogenated alkanes) is 1. The number of pyridine rings is 1. The van der Waals surface area contributed by atoms with Crippen LogP contribution in [0.1, 0.15) is 57.4 Å². The van der Waals surface area contributed by atoms with Gasteiger partial charge in [0, 0.05) is 31.5 Å². The minimum absolute atomic E-state index is 0.173. The fourth-order valence-electron chi connectivity index (χ4n) is 4.18. The number of nitrogens with one attached hydrogen (secondary N) is 3. The number of anilines is 2. The van der Waals surface area contributed by atoms with E-state index >= 15 is 0 Å². The molecule has 0 aromatic carbocycles. The molecule has 4 rings (SSSR count). The van der Waals surface area contributed by atoms with Crippen LogP contribution in [-0.4, -0.2) is 51.8 Å². The van der Waals surface area contributed by atoms with E-state index < -0.39 is 0 Å². The summed E-state index contributed by atoms with van der Waals surface area (Å²) in [5.74, 6) is 1.46. The van der Waals surface area contributed by atoms with Crippen molar-refractivity contribution in [3.63, 3.8) is 0 Å². The summed E-state index contributed by atoms with van der Waals surface area (Å²) in [5, 5.41) is 20.1. The van der Waals surface area contributed by atoms with Gasteiger partial charge in [0.1, 0.15) is 5.82 Å². The largest absolute Gasteiger partial charge is 0.393 e. The molecule has 1 aliphatic heterocycles. The number of nitrogens with zero attached hydrogens (tertiary/aromatic N) is 3. The predicted molar refractivity (Wildman–Crippen MR) is 126 cm³/mol. The molecule has 7 heteroatoms. The van der Waals surface area contributed by atoms with Crippen molar-refractivity contribution in [3.8, 4) is 11.3 Å². The van der Waals surface area contributed by atoms with Gasteiger partial charge >= 0.3 is 0 Å². The molecule has 3 heterocycles. The third-order valence-corrected chi connectivity index (χ3v) is 6.11. The molecule has 2 aromatic heterocycles. The van der Waals surface area contributed by atoms with Gasteiger partial charge < -0.3 is 21.1 Å². The average Bonchev–Trinajstić information content (AvgIpc) is 2.82. The number of aliphatic hydroxyl groups excluding tert-OH is 1. The molecule has 1 saturated carbocycles. The quantitative estimate of drug-likeness (QED) is 0.480. The standard InChI is InChI=1S/C24H34N6O/c1-2-3-12-26-24-28-16-21(23(30-24)29-19-5-7-20(31)8-6-19)22-9-4-18(15-27-22)17-10-13-25-14-11-17/h4,9-10,15-16,19-20,25,31H,2-3,5-8,11-14H2,1H3,(H2,26,28,29,30)/t19-,20-. The highest BCUT2D eigenvalue weighted by Crippen LogP contribution is 2.30. The maximum absolute atomic E-state index is 9.84. The second-order valence-electron chi connectivity index (χ2n) is 8.50. The minimum atomic E-state index is -0.173. The van der Waals surface area contributed by atoms with Crippen molar-refractivity contribution in [2.45, 2.75) is 64.0 Å². The molecule has 0 unspecified atom stereocenters. The summed E-state index contributed by atoms with van der Waals surface area (Å²) in [6.07, 6.45) is 12.7. The second kappa shape index (κ2) is 10.7. The highest BCUT2D eigenvalue weighted by atomic mass is 16.3. The van der Waals surface area contributed by atoms with Gasteiger partial charge in [0.15, 0.2) is 0 Å². The van der Waals surface area contributed by atoms with Gasteiger partial charge in [-0.3, -0.25) is 4.98 Å². The van der Waals surface area contributed by atoms with Crippen molar-refractivity contribution < 1.29 is 5.11 Å². The van der Waals surface area contributed by atoms with E-state index in [1.807, 2.05) is 12.4 Å². The number of rotatable bonds is 8. The summed E-state index contributed by atoms with van der Waals surface area (Å²) in [7, 11) is 0. The Labute approximate surface area is 184 Å². The molecule has 2 aromatic rings. The lowest BCUT2D eigenvalue weighted by Crippen LogP contribution is -2.29. The lowest BCUT2D eigenvalue weighted by Gasteiger charge is -2.27. The van der Waals surface area contributed by atoms with Gasteiger partial charge in [0.25, 0.3) is 0 Å². The van der Waals surface area contributed by atoms with Gasteiger partial charge in [-0.05, 0) is 62.3 Å². The first-order valence-corrected chi connectivity index (χ1v) is 11.6. The highest BCUT2D eigenvalue weighted by molar-refractivity contribution is 5.74. The molecule has 2 aliphatic rings. The molecule has 31 heavy (non-hydrogen) atoms. The van der Waals surface area contributed by atoms with Crippen molar-refractivity contribution in [1.29, 1.82) is 0 Å². The van der Waals surface area contributed by atoms with Crippen molar-refractivity contribution in [1.82, 2.24) is 20.3 Å². The van der Waals surface area contributed by atoms with Crippen LogP contribution in [0, 0.1) is 0 Å². The van der Waals surface area contributed by atoms with E-state index in [4.69, 9.17) is 9.97 Å². The average molecular weight is 423 g/mol. The zero-order chi connectivity index (χ0) is 21.5. The summed E-state index contributed by atoms with van der Waals surface area (Å²) in [6, 6.07) is 4.52.